The first-order valence-corrected chi connectivity index (χ1v) is 4.13. The molecule has 1 aromatic carbocycles. The van der Waals surface area contributed by atoms with E-state index in [2.05, 4.69) is 0 Å². The van der Waals surface area contributed by atoms with Crippen molar-refractivity contribution in [2.45, 2.75) is 19.5 Å². The summed E-state index contributed by atoms with van der Waals surface area (Å²) >= 11 is 0. The Kier molecular flexibility index (Phi) is 3.01. The van der Waals surface area contributed by atoms with Gasteiger partial charge in [0, 0.05) is 6.42 Å². The van der Waals surface area contributed by atoms with Gasteiger partial charge in [0.2, 0.25) is 0 Å². The molecule has 0 aliphatic rings. The van der Waals surface area contributed by atoms with Crippen molar-refractivity contribution >= 4 is 5.84 Å². The van der Waals surface area contributed by atoms with Gasteiger partial charge < -0.3 is 5.73 Å². The van der Waals surface area contributed by atoms with E-state index in [4.69, 9.17) is 11.1 Å². The van der Waals surface area contributed by atoms with Crippen LogP contribution in [0.3, 0.4) is 0 Å². The lowest BCUT2D eigenvalue weighted by molar-refractivity contribution is 0.418. The second kappa shape index (κ2) is 4.03. The Morgan fingerprint density at radius 1 is 1.46 bits per heavy atom. The Labute approximate surface area is 77.1 Å². The Balaban J connectivity index is 2.64. The maximum Gasteiger partial charge on any atom is 0.160 e. The molecule has 0 aromatic heterocycles. The fourth-order valence-corrected chi connectivity index (χ4v) is 1.04. The van der Waals surface area contributed by atoms with Gasteiger partial charge in [-0.2, -0.15) is 0 Å². The lowest BCUT2D eigenvalue weighted by Gasteiger charge is -2.05. The first-order valence-electron chi connectivity index (χ1n) is 4.13. The van der Waals surface area contributed by atoms with Crippen molar-refractivity contribution < 1.29 is 4.39 Å². The third-order valence-corrected chi connectivity index (χ3v) is 1.87. The van der Waals surface area contributed by atoms with Gasteiger partial charge in [-0.15, -0.1) is 0 Å². The van der Waals surface area contributed by atoms with E-state index in [0.717, 1.165) is 11.1 Å². The van der Waals surface area contributed by atoms with Crippen molar-refractivity contribution in [3.05, 3.63) is 35.4 Å². The van der Waals surface area contributed by atoms with Crippen LogP contribution in [-0.4, -0.2) is 12.0 Å². The van der Waals surface area contributed by atoms with E-state index in [1.165, 1.54) is 0 Å². The minimum absolute atomic E-state index is 0.190. The zero-order chi connectivity index (χ0) is 9.84. The number of rotatable bonds is 3. The zero-order valence-corrected chi connectivity index (χ0v) is 7.55. The van der Waals surface area contributed by atoms with Crippen LogP contribution in [-0.2, 0) is 6.42 Å². The number of aryl methyl sites for hydroxylation is 1. The van der Waals surface area contributed by atoms with Gasteiger partial charge in [0.25, 0.3) is 0 Å². The van der Waals surface area contributed by atoms with E-state index in [9.17, 15) is 4.39 Å². The Bertz CT molecular complexity index is 292. The van der Waals surface area contributed by atoms with Crippen molar-refractivity contribution in [1.82, 2.24) is 0 Å². The molecule has 1 atom stereocenters. The van der Waals surface area contributed by atoms with Gasteiger partial charge in [-0.1, -0.05) is 29.8 Å². The molecule has 0 amide bonds. The van der Waals surface area contributed by atoms with Crippen molar-refractivity contribution in [3.8, 4) is 0 Å². The minimum atomic E-state index is -1.36. The molecule has 0 saturated carbocycles. The van der Waals surface area contributed by atoms with Gasteiger partial charge >= 0.3 is 0 Å². The average molecular weight is 180 g/mol. The van der Waals surface area contributed by atoms with Gasteiger partial charge in [0.1, 0.15) is 5.84 Å². The van der Waals surface area contributed by atoms with E-state index >= 15 is 0 Å². The highest BCUT2D eigenvalue weighted by Gasteiger charge is 2.09. The van der Waals surface area contributed by atoms with Crippen LogP contribution in [0.4, 0.5) is 4.39 Å². The number of hydrogen-bond donors (Lipinski definition) is 2. The van der Waals surface area contributed by atoms with E-state index in [-0.39, 0.29) is 6.42 Å². The van der Waals surface area contributed by atoms with Crippen molar-refractivity contribution in [3.63, 3.8) is 0 Å². The Morgan fingerprint density at radius 3 is 2.46 bits per heavy atom. The highest BCUT2D eigenvalue weighted by Crippen LogP contribution is 2.07. The topological polar surface area (TPSA) is 49.9 Å². The monoisotopic (exact) mass is 180 g/mol. The summed E-state index contributed by atoms with van der Waals surface area (Å²) in [5.41, 5.74) is 7.03. The number of benzene rings is 1. The number of amidine groups is 1. The molecular formula is C10H13FN2. The van der Waals surface area contributed by atoms with Gasteiger partial charge in [0.05, 0.1) is 0 Å². The van der Waals surface area contributed by atoms with Crippen LogP contribution in [0.2, 0.25) is 0 Å². The molecule has 0 aliphatic heterocycles. The second-order valence-electron chi connectivity index (χ2n) is 3.11. The van der Waals surface area contributed by atoms with Crippen molar-refractivity contribution in [1.29, 1.82) is 5.41 Å². The molecule has 0 bridgehead atoms. The highest BCUT2D eigenvalue weighted by atomic mass is 19.1. The van der Waals surface area contributed by atoms with E-state index < -0.39 is 12.0 Å². The summed E-state index contributed by atoms with van der Waals surface area (Å²) in [6, 6.07) is 7.54. The third-order valence-electron chi connectivity index (χ3n) is 1.87. The van der Waals surface area contributed by atoms with E-state index in [0.29, 0.717) is 0 Å². The molecule has 1 rings (SSSR count). The normalized spacial score (nSPS) is 12.5. The predicted molar refractivity (Wildman–Crippen MR) is 51.7 cm³/mol. The molecule has 0 saturated heterocycles. The molecule has 1 aromatic rings. The van der Waals surface area contributed by atoms with Crippen LogP contribution in [0.1, 0.15) is 11.1 Å². The molecule has 0 spiro atoms. The number of hydrogen-bond acceptors (Lipinski definition) is 1. The van der Waals surface area contributed by atoms with E-state index in [1.807, 2.05) is 31.2 Å². The van der Waals surface area contributed by atoms with Crippen LogP contribution in [0.25, 0.3) is 0 Å². The quantitative estimate of drug-likeness (QED) is 0.541. The van der Waals surface area contributed by atoms with Crippen molar-refractivity contribution in [2.75, 3.05) is 0 Å². The summed E-state index contributed by atoms with van der Waals surface area (Å²) in [7, 11) is 0. The number of halogens is 1. The maximum atomic E-state index is 13.0. The highest BCUT2D eigenvalue weighted by molar-refractivity contribution is 5.81. The molecule has 70 valence electrons. The van der Waals surface area contributed by atoms with Crippen LogP contribution in [0, 0.1) is 12.3 Å². The zero-order valence-electron chi connectivity index (χ0n) is 7.55. The average Bonchev–Trinajstić information content (AvgIpc) is 2.08. The summed E-state index contributed by atoms with van der Waals surface area (Å²) < 4.78 is 13.0. The summed E-state index contributed by atoms with van der Waals surface area (Å²) in [5, 5.41) is 6.89. The Morgan fingerprint density at radius 2 is 2.00 bits per heavy atom. The lowest BCUT2D eigenvalue weighted by Crippen LogP contribution is -2.25. The summed E-state index contributed by atoms with van der Waals surface area (Å²) in [5.74, 6) is -0.402. The molecular weight excluding hydrogens is 167 g/mol. The van der Waals surface area contributed by atoms with Crippen LogP contribution in [0.5, 0.6) is 0 Å². The third kappa shape index (κ3) is 2.86. The lowest BCUT2D eigenvalue weighted by atomic mass is 10.1. The molecule has 3 heteroatoms. The Hall–Kier alpha value is -1.38. The predicted octanol–water partition coefficient (Wildman–Crippen LogP) is 1.81. The van der Waals surface area contributed by atoms with Crippen LogP contribution >= 0.6 is 0 Å². The van der Waals surface area contributed by atoms with Crippen LogP contribution in [0.15, 0.2) is 24.3 Å². The SMILES string of the molecule is Cc1ccc(CC(F)C(=N)N)cc1. The first kappa shape index (κ1) is 9.71. The fourth-order valence-electron chi connectivity index (χ4n) is 1.04. The number of alkyl halides is 1. The second-order valence-corrected chi connectivity index (χ2v) is 3.11. The van der Waals surface area contributed by atoms with Gasteiger partial charge in [0.15, 0.2) is 6.17 Å². The molecule has 0 heterocycles. The van der Waals surface area contributed by atoms with Gasteiger partial charge in [-0.3, -0.25) is 5.41 Å². The van der Waals surface area contributed by atoms with Gasteiger partial charge in [-0.05, 0) is 12.5 Å². The molecule has 3 N–H and O–H groups in total. The minimum Gasteiger partial charge on any atom is -0.385 e. The summed E-state index contributed by atoms with van der Waals surface area (Å²) in [6.07, 6.45) is -1.17. The standard InChI is InChI=1S/C10H13FN2/c1-7-2-4-8(5-3-7)6-9(11)10(12)13/h2-5,9H,6H2,1H3,(H3,12,13). The van der Waals surface area contributed by atoms with E-state index in [1.54, 1.807) is 0 Å². The molecule has 0 aliphatic carbocycles. The smallest absolute Gasteiger partial charge is 0.160 e. The number of nitrogens with two attached hydrogens (primary N) is 1. The fraction of sp³-hybridized carbons (Fsp3) is 0.300. The molecule has 13 heavy (non-hydrogen) atoms. The molecule has 0 radical (unpaired) electrons. The molecule has 0 fully saturated rings. The van der Waals surface area contributed by atoms with Crippen molar-refractivity contribution in [2.24, 2.45) is 5.73 Å². The van der Waals surface area contributed by atoms with Crippen LogP contribution < -0.4 is 5.73 Å². The first-order chi connectivity index (χ1) is 6.09. The molecule has 1 unspecified atom stereocenters. The summed E-state index contributed by atoms with van der Waals surface area (Å²) in [4.78, 5) is 0. The van der Waals surface area contributed by atoms with Gasteiger partial charge in [-0.25, -0.2) is 4.39 Å². The largest absolute Gasteiger partial charge is 0.385 e. The molecule has 2 nitrogen and oxygen atoms in total. The summed E-state index contributed by atoms with van der Waals surface area (Å²) in [6.45, 7) is 1.97. The maximum absolute atomic E-state index is 13.0. The number of nitrogens with one attached hydrogen (secondary N) is 1.